The van der Waals surface area contributed by atoms with E-state index >= 15 is 0 Å². The number of hydrogen-bond donors (Lipinski definition) is 0. The van der Waals surface area contributed by atoms with Crippen LogP contribution in [0.15, 0.2) is 121 Å². The molecule has 2 aliphatic heterocycles. The van der Waals surface area contributed by atoms with Gasteiger partial charge >= 0.3 is 6.85 Å². The van der Waals surface area contributed by atoms with Crippen LogP contribution in [0, 0.1) is 0 Å². The summed E-state index contributed by atoms with van der Waals surface area (Å²) in [6.45, 7) is 31.8. The highest BCUT2D eigenvalue weighted by atomic mass is 32.1. The van der Waals surface area contributed by atoms with Gasteiger partial charge in [-0.05, 0) is 174 Å². The minimum atomic E-state index is -0.255. The van der Waals surface area contributed by atoms with Crippen LogP contribution in [0.2, 0.25) is 0 Å². The lowest BCUT2D eigenvalue weighted by Crippen LogP contribution is -2.62. The van der Waals surface area contributed by atoms with Crippen LogP contribution in [-0.4, -0.2) is 6.85 Å². The fourth-order valence-electron chi connectivity index (χ4n) is 13.9. The number of thiophene rings is 1. The van der Waals surface area contributed by atoms with Crippen LogP contribution in [0.25, 0.3) is 42.4 Å². The second-order valence-electron chi connectivity index (χ2n) is 25.9. The van der Waals surface area contributed by atoms with Crippen molar-refractivity contribution in [3.63, 3.8) is 0 Å². The largest absolute Gasteiger partial charge is 0.376 e. The Morgan fingerprint density at radius 1 is 0.478 bits per heavy atom. The van der Waals surface area contributed by atoms with E-state index in [1.54, 1.807) is 0 Å². The summed E-state index contributed by atoms with van der Waals surface area (Å²) in [5.41, 5.74) is 25.0. The van der Waals surface area contributed by atoms with E-state index in [0.29, 0.717) is 0 Å². The van der Waals surface area contributed by atoms with Crippen molar-refractivity contribution < 1.29 is 0 Å². The van der Waals surface area contributed by atoms with Crippen molar-refractivity contribution >= 4 is 77.7 Å². The fourth-order valence-corrected chi connectivity index (χ4v) is 15.1. The number of anilines is 5. The molecule has 3 aliphatic carbocycles. The van der Waals surface area contributed by atoms with Gasteiger partial charge in [0.05, 0.1) is 0 Å². The quantitative estimate of drug-likeness (QED) is 0.159. The van der Waals surface area contributed by atoms with Gasteiger partial charge in [0.25, 0.3) is 0 Å². The Morgan fingerprint density at radius 3 is 1.78 bits per heavy atom. The Hall–Kier alpha value is -5.58. The average Bonchev–Trinajstić information content (AvgIpc) is 3.79. The van der Waals surface area contributed by atoms with Gasteiger partial charge < -0.3 is 9.71 Å². The molecule has 0 spiro atoms. The topological polar surface area (TPSA) is 6.48 Å². The SMILES string of the molecule is CC(C)(C)c1ccc(N2B3c4cc5c(cc4N(c4ccc6c(c4)C(C)(C)CCC6(C)C)c4c3c(cc3c4C(C)(C)c4ccccc4-3)-c3cc4c(cc32)sc2ccccc24)C(C)(C)CCC5(C)C)cc1. The lowest BCUT2D eigenvalue weighted by Gasteiger charge is -2.50. The fraction of sp³-hybridized carbons (Fsp3) is 0.354. The molecule has 4 heteroatoms. The highest BCUT2D eigenvalue weighted by molar-refractivity contribution is 7.25. The van der Waals surface area contributed by atoms with E-state index in [1.165, 1.54) is 146 Å². The Kier molecular flexibility index (Phi) is 8.72. The first kappa shape index (κ1) is 43.4. The number of hydrogen-bond acceptors (Lipinski definition) is 3. The molecule has 2 nitrogen and oxygen atoms in total. The second-order valence-corrected chi connectivity index (χ2v) is 27.0. The van der Waals surface area contributed by atoms with Gasteiger partial charge in [0.15, 0.2) is 0 Å². The third kappa shape index (κ3) is 5.97. The van der Waals surface area contributed by atoms with E-state index in [-0.39, 0.29) is 39.3 Å². The maximum Gasteiger partial charge on any atom is 0.333 e. The molecule has 7 aromatic carbocycles. The van der Waals surface area contributed by atoms with E-state index in [1.807, 2.05) is 11.3 Å². The van der Waals surface area contributed by atoms with Crippen LogP contribution in [0.1, 0.15) is 155 Å². The molecule has 69 heavy (non-hydrogen) atoms. The Balaban J connectivity index is 1.23. The molecule has 13 rings (SSSR count). The molecule has 5 aliphatic rings. The Labute approximate surface area is 415 Å². The monoisotopic (exact) mass is 919 g/mol. The summed E-state index contributed by atoms with van der Waals surface area (Å²) in [6, 6.07) is 48.9. The molecule has 0 fully saturated rings. The molecule has 0 amide bonds. The van der Waals surface area contributed by atoms with Crippen LogP contribution in [0.4, 0.5) is 28.4 Å². The van der Waals surface area contributed by atoms with E-state index in [2.05, 4.69) is 221 Å². The van der Waals surface area contributed by atoms with Crippen molar-refractivity contribution in [2.75, 3.05) is 9.71 Å². The number of rotatable bonds is 2. The maximum absolute atomic E-state index is 2.80. The van der Waals surface area contributed by atoms with E-state index in [4.69, 9.17) is 0 Å². The number of benzene rings is 7. The molecule has 0 bridgehead atoms. The van der Waals surface area contributed by atoms with Gasteiger partial charge in [-0.3, -0.25) is 0 Å². The standard InChI is InChI=1S/C65H67BN2S/c1-60(2,3)38-22-24-39(25-23-38)68-53-37-56-44(42-19-15-17-21-55(42)69-56)33-43(53)46-34-45-41-18-14-16-20-47(41)65(12,13)57(45)59-58(46)66(68)52-35-50-51(64(10,11)31-30-63(50,8)9)36-54(52)67(59)40-26-27-48-49(32-40)62(6,7)29-28-61(48,4)5/h14-27,32-37H,28-31H2,1-13H3. The number of nitrogens with zero attached hydrogens (tertiary/aromatic N) is 2. The predicted molar refractivity (Wildman–Crippen MR) is 300 cm³/mol. The first-order valence-corrected chi connectivity index (χ1v) is 26.7. The minimum absolute atomic E-state index is 0.0292. The van der Waals surface area contributed by atoms with Gasteiger partial charge in [-0.2, -0.15) is 0 Å². The molecular weight excluding hydrogens is 852 g/mol. The molecule has 1 aromatic heterocycles. The Morgan fingerprint density at radius 2 is 1.09 bits per heavy atom. The van der Waals surface area contributed by atoms with E-state index in [0.717, 1.165) is 0 Å². The zero-order valence-corrected chi connectivity index (χ0v) is 44.1. The van der Waals surface area contributed by atoms with Crippen molar-refractivity contribution in [1.29, 1.82) is 0 Å². The summed E-state index contributed by atoms with van der Waals surface area (Å²) in [6.07, 6.45) is 4.71. The third-order valence-corrected chi connectivity index (χ3v) is 19.4. The van der Waals surface area contributed by atoms with Gasteiger partial charge in [-0.25, -0.2) is 0 Å². The van der Waals surface area contributed by atoms with Gasteiger partial charge in [-0.1, -0.05) is 157 Å². The van der Waals surface area contributed by atoms with Crippen LogP contribution < -0.4 is 20.6 Å². The zero-order chi connectivity index (χ0) is 48.1. The van der Waals surface area contributed by atoms with Crippen molar-refractivity contribution in [2.45, 2.75) is 148 Å². The smallest absolute Gasteiger partial charge is 0.333 e. The maximum atomic E-state index is 2.80. The van der Waals surface area contributed by atoms with Crippen molar-refractivity contribution in [1.82, 2.24) is 0 Å². The third-order valence-electron chi connectivity index (χ3n) is 18.3. The van der Waals surface area contributed by atoms with Crippen LogP contribution in [0.5, 0.6) is 0 Å². The lowest BCUT2D eigenvalue weighted by atomic mass is 9.42. The summed E-state index contributed by atoms with van der Waals surface area (Å²) in [7, 11) is 0. The summed E-state index contributed by atoms with van der Waals surface area (Å²) in [5.74, 6) is 0. The molecule has 0 atom stereocenters. The number of fused-ring (bicyclic) bond motifs is 13. The van der Waals surface area contributed by atoms with Crippen molar-refractivity contribution in [3.8, 4) is 22.3 Å². The molecule has 0 unspecified atom stereocenters. The van der Waals surface area contributed by atoms with Gasteiger partial charge in [0.1, 0.15) is 0 Å². The van der Waals surface area contributed by atoms with Gasteiger partial charge in [0.2, 0.25) is 0 Å². The highest BCUT2D eigenvalue weighted by Gasteiger charge is 2.52. The molecular formula is C65H67BN2S. The summed E-state index contributed by atoms with van der Waals surface area (Å²) in [5, 5.41) is 2.68. The lowest BCUT2D eigenvalue weighted by molar-refractivity contribution is 0.332. The first-order chi connectivity index (χ1) is 32.6. The van der Waals surface area contributed by atoms with Crippen molar-refractivity contribution in [3.05, 3.63) is 160 Å². The van der Waals surface area contributed by atoms with Crippen LogP contribution in [-0.2, 0) is 32.5 Å². The molecule has 0 saturated carbocycles. The predicted octanol–water partition coefficient (Wildman–Crippen LogP) is 17.1. The van der Waals surface area contributed by atoms with Crippen LogP contribution >= 0.6 is 11.3 Å². The average molecular weight is 919 g/mol. The molecule has 8 aromatic rings. The first-order valence-electron chi connectivity index (χ1n) is 25.9. The van der Waals surface area contributed by atoms with Gasteiger partial charge in [0, 0.05) is 59.6 Å². The minimum Gasteiger partial charge on any atom is -0.376 e. The Bertz CT molecular complexity index is 3530. The molecule has 0 N–H and O–H groups in total. The second kappa shape index (κ2) is 13.8. The molecule has 3 heterocycles. The zero-order valence-electron chi connectivity index (χ0n) is 43.3. The summed E-state index contributed by atoms with van der Waals surface area (Å²) >= 11 is 1.93. The molecule has 0 saturated heterocycles. The summed E-state index contributed by atoms with van der Waals surface area (Å²) in [4.78, 5) is 5.58. The molecule has 346 valence electrons. The van der Waals surface area contributed by atoms with Crippen LogP contribution in [0.3, 0.4) is 0 Å². The highest BCUT2D eigenvalue weighted by Crippen LogP contribution is 2.60. The summed E-state index contributed by atoms with van der Waals surface area (Å²) < 4.78 is 2.68. The van der Waals surface area contributed by atoms with Gasteiger partial charge in [-0.15, -0.1) is 11.3 Å². The van der Waals surface area contributed by atoms with E-state index < -0.39 is 0 Å². The molecule has 0 radical (unpaired) electrons. The van der Waals surface area contributed by atoms with E-state index in [9.17, 15) is 0 Å². The normalized spacial score (nSPS) is 19.3. The van der Waals surface area contributed by atoms with Crippen molar-refractivity contribution in [2.24, 2.45) is 0 Å².